The predicted octanol–water partition coefficient (Wildman–Crippen LogP) is 26.7. The number of nitrogens with zero attached hydrogens (tertiary/aromatic N) is 9. The van der Waals surface area contributed by atoms with Gasteiger partial charge in [0.05, 0.1) is 17.1 Å². The van der Waals surface area contributed by atoms with Crippen molar-refractivity contribution in [1.82, 2.24) is 15.0 Å². The highest BCUT2D eigenvalue weighted by Crippen LogP contribution is 2.70. The van der Waals surface area contributed by atoms with E-state index in [0.717, 1.165) is 99.5 Å². The molecule has 0 spiro atoms. The molecular weight excluding hydrogens is 1360 g/mol. The molecule has 0 fully saturated rings. The zero-order chi connectivity index (χ0) is 76.9. The molecule has 0 saturated carbocycles. The minimum Gasteiger partial charge on any atom is -0.317 e. The van der Waals surface area contributed by atoms with Crippen LogP contribution in [0.1, 0.15) is 139 Å². The average Bonchev–Trinajstić information content (AvgIpc) is 1.53. The van der Waals surface area contributed by atoms with Crippen molar-refractivity contribution in [3.63, 3.8) is 0 Å². The van der Waals surface area contributed by atoms with Crippen LogP contribution in [0.3, 0.4) is 0 Å². The van der Waals surface area contributed by atoms with Crippen LogP contribution >= 0.6 is 0 Å². The van der Waals surface area contributed by atoms with E-state index in [1.54, 1.807) is 0 Å². The van der Waals surface area contributed by atoms with E-state index < -0.39 is 27.1 Å². The summed E-state index contributed by atoms with van der Waals surface area (Å²) in [5, 5.41) is 0. The molecule has 10 aromatic carbocycles. The van der Waals surface area contributed by atoms with Gasteiger partial charge in [0.1, 0.15) is 18.5 Å². The highest BCUT2D eigenvalue weighted by Gasteiger charge is 2.67. The van der Waals surface area contributed by atoms with Crippen molar-refractivity contribution in [2.45, 2.75) is 161 Å². The van der Waals surface area contributed by atoms with Gasteiger partial charge in [-0.2, -0.15) is 0 Å². The van der Waals surface area contributed by atoms with Crippen molar-refractivity contribution < 1.29 is 0 Å². The molecule has 18 rings (SSSR count). The molecule has 6 aliphatic rings. The van der Waals surface area contributed by atoms with Crippen molar-refractivity contribution >= 4 is 68.6 Å². The first-order chi connectivity index (χ1) is 54.7. The first-order valence-electron chi connectivity index (χ1n) is 40.9. The number of hydrogen-bond donors (Lipinski definition) is 0. The fourth-order valence-corrected chi connectivity index (χ4v) is 22.8. The molecule has 6 aliphatic heterocycles. The van der Waals surface area contributed by atoms with Crippen LogP contribution in [0, 0.1) is 37.0 Å². The molecule has 112 heavy (non-hydrogen) atoms. The van der Waals surface area contributed by atoms with E-state index in [-0.39, 0.29) is 23.9 Å². The van der Waals surface area contributed by atoms with E-state index in [2.05, 4.69) is 358 Å². The SMILES string of the molecule is C=CCC1(CCCCC2(C)C3N(c4ccc(-c5ccccc5)cc4C)c4cccnc4N3c3ccccc3C2(C=C)CC)c2ccccc2N2c3nccnc3N(c3ccc(-c4ccccc4)cc3C)C2C1(C)CCCCC1(C=C)c2ccccc2N2c3ccccc3N(c3ccc(-c4ccccc4)cc3C)C2C1(C)CC. The van der Waals surface area contributed by atoms with E-state index in [1.165, 1.54) is 107 Å². The summed E-state index contributed by atoms with van der Waals surface area (Å²) in [4.78, 5) is 32.1. The molecule has 560 valence electrons. The molecule has 8 heterocycles. The molecule has 0 N–H and O–H groups in total. The van der Waals surface area contributed by atoms with Crippen LogP contribution in [-0.2, 0) is 16.2 Å². The third kappa shape index (κ3) is 10.5. The second-order valence-corrected chi connectivity index (χ2v) is 33.3. The monoisotopic (exact) mass is 1470 g/mol. The van der Waals surface area contributed by atoms with Crippen molar-refractivity contribution in [3.05, 3.63) is 345 Å². The van der Waals surface area contributed by atoms with Crippen LogP contribution in [0.4, 0.5) is 68.6 Å². The summed E-state index contributed by atoms with van der Waals surface area (Å²) in [6.07, 6.45) is 22.4. The van der Waals surface area contributed by atoms with Crippen LogP contribution in [0.5, 0.6) is 0 Å². The topological polar surface area (TPSA) is 58.1 Å². The molecular formula is C103H103N9. The molecule has 0 bridgehead atoms. The number of pyridine rings is 1. The summed E-state index contributed by atoms with van der Waals surface area (Å²) in [7, 11) is 0. The summed E-state index contributed by atoms with van der Waals surface area (Å²) in [5.41, 5.74) is 23.2. The number of unbranched alkanes of at least 4 members (excludes halogenated alkanes) is 2. The maximum atomic E-state index is 5.45. The fraction of sp³-hybridized carbons (Fsp3) is 0.272. The number of benzene rings is 10. The van der Waals surface area contributed by atoms with Crippen molar-refractivity contribution in [2.24, 2.45) is 16.2 Å². The summed E-state index contributed by atoms with van der Waals surface area (Å²) in [6.45, 7) is 34.3. The van der Waals surface area contributed by atoms with Gasteiger partial charge < -0.3 is 29.4 Å². The van der Waals surface area contributed by atoms with Gasteiger partial charge in [-0.25, -0.2) is 15.0 Å². The lowest BCUT2D eigenvalue weighted by molar-refractivity contribution is 0.0604. The Labute approximate surface area is 664 Å². The Morgan fingerprint density at radius 2 is 0.679 bits per heavy atom. The number of fused-ring (bicyclic) bond motifs is 15. The van der Waals surface area contributed by atoms with Gasteiger partial charge in [-0.3, -0.25) is 0 Å². The van der Waals surface area contributed by atoms with Gasteiger partial charge in [-0.1, -0.05) is 254 Å². The minimum absolute atomic E-state index is 0.0609. The number of aromatic nitrogens is 3. The lowest BCUT2D eigenvalue weighted by Gasteiger charge is -2.61. The van der Waals surface area contributed by atoms with E-state index in [1.807, 2.05) is 18.6 Å². The summed E-state index contributed by atoms with van der Waals surface area (Å²) >= 11 is 0. The Bertz CT molecular complexity index is 5600. The zero-order valence-electron chi connectivity index (χ0n) is 66.4. The summed E-state index contributed by atoms with van der Waals surface area (Å²) in [6, 6.07) is 95.1. The predicted molar refractivity (Wildman–Crippen MR) is 468 cm³/mol. The maximum Gasteiger partial charge on any atom is 0.178 e. The number of rotatable bonds is 22. The van der Waals surface area contributed by atoms with Gasteiger partial charge in [0.25, 0.3) is 0 Å². The number of hydrogen-bond acceptors (Lipinski definition) is 9. The molecule has 2 aromatic heterocycles. The third-order valence-corrected chi connectivity index (χ3v) is 28.3. The molecule has 0 amide bonds. The van der Waals surface area contributed by atoms with E-state index in [9.17, 15) is 0 Å². The zero-order valence-corrected chi connectivity index (χ0v) is 66.4. The molecule has 9 heteroatoms. The van der Waals surface area contributed by atoms with Crippen molar-refractivity contribution in [1.29, 1.82) is 0 Å². The van der Waals surface area contributed by atoms with Crippen molar-refractivity contribution in [2.75, 3.05) is 29.4 Å². The quantitative estimate of drug-likeness (QED) is 0.0488. The fourth-order valence-electron chi connectivity index (χ4n) is 22.8. The van der Waals surface area contributed by atoms with Gasteiger partial charge in [-0.15, -0.1) is 19.7 Å². The van der Waals surface area contributed by atoms with Gasteiger partial charge >= 0.3 is 0 Å². The highest BCUT2D eigenvalue weighted by molar-refractivity contribution is 5.94. The lowest BCUT2D eigenvalue weighted by Crippen LogP contribution is -2.63. The van der Waals surface area contributed by atoms with E-state index in [4.69, 9.17) is 34.7 Å². The Kier molecular flexibility index (Phi) is 18.0. The molecule has 0 aliphatic carbocycles. The normalized spacial score (nSPS) is 24.1. The smallest absolute Gasteiger partial charge is 0.178 e. The van der Waals surface area contributed by atoms with E-state index >= 15 is 0 Å². The molecule has 0 radical (unpaired) electrons. The van der Waals surface area contributed by atoms with Gasteiger partial charge in [0, 0.05) is 85.2 Å². The second-order valence-electron chi connectivity index (χ2n) is 33.3. The van der Waals surface area contributed by atoms with Crippen molar-refractivity contribution in [3.8, 4) is 33.4 Å². The van der Waals surface area contributed by atoms with Gasteiger partial charge in [0.2, 0.25) is 0 Å². The average molecular weight is 1470 g/mol. The number of para-hydroxylation sites is 5. The second kappa shape index (κ2) is 28.0. The maximum absolute atomic E-state index is 5.45. The van der Waals surface area contributed by atoms with Crippen LogP contribution in [0.15, 0.2) is 311 Å². The number of aryl methyl sites for hydroxylation is 3. The molecule has 0 saturated heterocycles. The molecule has 9 atom stereocenters. The van der Waals surface area contributed by atoms with Gasteiger partial charge in [0.15, 0.2) is 17.5 Å². The first-order valence-corrected chi connectivity index (χ1v) is 40.9. The van der Waals surface area contributed by atoms with Crippen LogP contribution in [0.25, 0.3) is 33.4 Å². The first kappa shape index (κ1) is 72.0. The third-order valence-electron chi connectivity index (χ3n) is 28.3. The van der Waals surface area contributed by atoms with Gasteiger partial charge in [-0.05, 0) is 211 Å². The molecule has 9 unspecified atom stereocenters. The summed E-state index contributed by atoms with van der Waals surface area (Å²) in [5.74, 6) is 2.77. The molecule has 9 nitrogen and oxygen atoms in total. The van der Waals surface area contributed by atoms with Crippen LogP contribution in [-0.4, -0.2) is 33.4 Å². The Hall–Kier alpha value is -11.6. The van der Waals surface area contributed by atoms with Crippen LogP contribution < -0.4 is 29.4 Å². The van der Waals surface area contributed by atoms with Crippen LogP contribution in [0.2, 0.25) is 0 Å². The Morgan fingerprint density at radius 3 is 1.17 bits per heavy atom. The Morgan fingerprint density at radius 1 is 0.312 bits per heavy atom. The molecule has 12 aromatic rings. The Balaban J connectivity index is 0.753. The minimum atomic E-state index is -0.482. The lowest BCUT2D eigenvalue weighted by atomic mass is 9.50. The summed E-state index contributed by atoms with van der Waals surface area (Å²) < 4.78 is 0. The number of allylic oxidation sites excluding steroid dienone is 3. The van der Waals surface area contributed by atoms with E-state index in [0.29, 0.717) is 0 Å². The highest BCUT2D eigenvalue weighted by atomic mass is 15.5. The number of anilines is 12. The largest absolute Gasteiger partial charge is 0.317 e. The standard InChI is InChI=1S/C103H103N9/c1-12-60-103(64-37-35-61-99(10)96-108(84-58-55-78(69-72(84)7)75-41-22-18-23-42-75)91-53-38-65-104-92(91)111(96)87-49-30-26-45-80(87)101(99,14-3)15-4)82-47-28-31-50-88(82)112-94-93(105-66-67-106-94)110(85-59-56-79(70-73(85)8)76-43-24-19-25-44-76)97(112)100(103,11)62-34-36-63-102(16-5)81-46-27-29-48-86(81)109-90-52-33-32-51-89(90)107(95(109)98(102,9)13-2)83-57-54-77(68-71(83)6)74-39-20-17-21-40-74/h12,14,16-33,38-59,65-70,95-97H,1,3,5,13,15,34-37,60-64H2,2,4,6-11H3.